The van der Waals surface area contributed by atoms with Crippen LogP contribution in [0.4, 0.5) is 5.69 Å². The molecule has 1 heterocycles. The van der Waals surface area contributed by atoms with Gasteiger partial charge in [-0.25, -0.2) is 13.1 Å². The minimum atomic E-state index is -3.59. The van der Waals surface area contributed by atoms with Gasteiger partial charge in [-0.05, 0) is 43.7 Å². The van der Waals surface area contributed by atoms with Gasteiger partial charge in [-0.3, -0.25) is 4.98 Å². The summed E-state index contributed by atoms with van der Waals surface area (Å²) in [6, 6.07) is 10.3. The molecule has 0 unspecified atom stereocenters. The SMILES string of the molecule is Cc1cccc(CNS(=O)(=O)c2cc(N)ccc2C)n1. The first-order chi connectivity index (χ1) is 9.38. The summed E-state index contributed by atoms with van der Waals surface area (Å²) >= 11 is 0. The number of rotatable bonds is 4. The van der Waals surface area contributed by atoms with Gasteiger partial charge in [0.25, 0.3) is 0 Å². The van der Waals surface area contributed by atoms with Gasteiger partial charge in [0.1, 0.15) is 0 Å². The Bertz CT molecular complexity index is 727. The van der Waals surface area contributed by atoms with Crippen LogP contribution < -0.4 is 10.5 Å². The van der Waals surface area contributed by atoms with Gasteiger partial charge in [-0.1, -0.05) is 12.1 Å². The van der Waals surface area contributed by atoms with Gasteiger partial charge in [0.05, 0.1) is 17.1 Å². The molecule has 20 heavy (non-hydrogen) atoms. The third kappa shape index (κ3) is 3.34. The van der Waals surface area contributed by atoms with Gasteiger partial charge in [0.2, 0.25) is 10.0 Å². The first-order valence-electron chi connectivity index (χ1n) is 6.17. The third-order valence-corrected chi connectivity index (χ3v) is 4.43. The van der Waals surface area contributed by atoms with Crippen molar-refractivity contribution in [3.8, 4) is 0 Å². The molecule has 0 aliphatic rings. The zero-order chi connectivity index (χ0) is 14.8. The summed E-state index contributed by atoms with van der Waals surface area (Å²) in [7, 11) is -3.59. The number of nitrogens with one attached hydrogen (secondary N) is 1. The Morgan fingerprint density at radius 1 is 1.20 bits per heavy atom. The average molecular weight is 291 g/mol. The molecule has 3 N–H and O–H groups in total. The van der Waals surface area contributed by atoms with E-state index in [-0.39, 0.29) is 11.4 Å². The van der Waals surface area contributed by atoms with E-state index in [0.29, 0.717) is 16.9 Å². The molecule has 1 aromatic carbocycles. The number of hydrogen-bond acceptors (Lipinski definition) is 4. The van der Waals surface area contributed by atoms with Crippen LogP contribution in [0.1, 0.15) is 17.0 Å². The minimum Gasteiger partial charge on any atom is -0.399 e. The maximum absolute atomic E-state index is 12.3. The summed E-state index contributed by atoms with van der Waals surface area (Å²) in [6.07, 6.45) is 0. The van der Waals surface area contributed by atoms with E-state index in [1.165, 1.54) is 6.07 Å². The Balaban J connectivity index is 2.21. The Morgan fingerprint density at radius 3 is 2.65 bits per heavy atom. The molecule has 0 bridgehead atoms. The van der Waals surface area contributed by atoms with Crippen LogP contribution in [0.5, 0.6) is 0 Å². The number of hydrogen-bond donors (Lipinski definition) is 2. The van der Waals surface area contributed by atoms with Crippen LogP contribution in [-0.4, -0.2) is 13.4 Å². The van der Waals surface area contributed by atoms with E-state index in [1.54, 1.807) is 25.1 Å². The van der Waals surface area contributed by atoms with Crippen molar-refractivity contribution in [3.05, 3.63) is 53.3 Å². The standard InChI is InChI=1S/C14H17N3O2S/c1-10-6-7-12(15)8-14(10)20(18,19)16-9-13-5-3-4-11(2)17-13/h3-8,16H,9,15H2,1-2H3. The van der Waals surface area contributed by atoms with Crippen molar-refractivity contribution in [3.63, 3.8) is 0 Å². The van der Waals surface area contributed by atoms with Crippen molar-refractivity contribution in [2.45, 2.75) is 25.3 Å². The van der Waals surface area contributed by atoms with Crippen LogP contribution in [0.3, 0.4) is 0 Å². The second kappa shape index (κ2) is 5.60. The molecule has 106 valence electrons. The van der Waals surface area contributed by atoms with Gasteiger partial charge in [0.15, 0.2) is 0 Å². The lowest BCUT2D eigenvalue weighted by molar-refractivity contribution is 0.579. The molecule has 0 saturated heterocycles. The van der Waals surface area contributed by atoms with Crippen LogP contribution in [0.25, 0.3) is 0 Å². The minimum absolute atomic E-state index is 0.151. The van der Waals surface area contributed by atoms with Crippen molar-refractivity contribution in [2.24, 2.45) is 0 Å². The summed E-state index contributed by atoms with van der Waals surface area (Å²) in [6.45, 7) is 3.75. The first kappa shape index (κ1) is 14.5. The van der Waals surface area contributed by atoms with Gasteiger partial charge in [-0.2, -0.15) is 0 Å². The van der Waals surface area contributed by atoms with Gasteiger partial charge >= 0.3 is 0 Å². The van der Waals surface area contributed by atoms with E-state index in [1.807, 2.05) is 19.1 Å². The lowest BCUT2D eigenvalue weighted by Gasteiger charge is -2.10. The quantitative estimate of drug-likeness (QED) is 0.841. The molecule has 1 aromatic heterocycles. The number of anilines is 1. The second-order valence-corrected chi connectivity index (χ2v) is 6.36. The lowest BCUT2D eigenvalue weighted by atomic mass is 10.2. The van der Waals surface area contributed by atoms with E-state index in [9.17, 15) is 8.42 Å². The van der Waals surface area contributed by atoms with Gasteiger partial charge in [-0.15, -0.1) is 0 Å². The first-order valence-corrected chi connectivity index (χ1v) is 7.65. The number of benzene rings is 1. The van der Waals surface area contributed by atoms with Crippen LogP contribution >= 0.6 is 0 Å². The number of nitrogen functional groups attached to an aromatic ring is 1. The smallest absolute Gasteiger partial charge is 0.241 e. The highest BCUT2D eigenvalue weighted by molar-refractivity contribution is 7.89. The molecule has 0 amide bonds. The summed E-state index contributed by atoms with van der Waals surface area (Å²) in [5.74, 6) is 0. The largest absolute Gasteiger partial charge is 0.399 e. The van der Waals surface area contributed by atoms with Crippen LogP contribution in [-0.2, 0) is 16.6 Å². The van der Waals surface area contributed by atoms with Crippen molar-refractivity contribution in [1.82, 2.24) is 9.71 Å². The van der Waals surface area contributed by atoms with Crippen molar-refractivity contribution in [2.75, 3.05) is 5.73 Å². The van der Waals surface area contributed by atoms with Crippen molar-refractivity contribution < 1.29 is 8.42 Å². The molecule has 2 rings (SSSR count). The number of nitrogens with two attached hydrogens (primary N) is 1. The molecule has 5 nitrogen and oxygen atoms in total. The van der Waals surface area contributed by atoms with Crippen molar-refractivity contribution >= 4 is 15.7 Å². The molecule has 6 heteroatoms. The van der Waals surface area contributed by atoms with E-state index >= 15 is 0 Å². The van der Waals surface area contributed by atoms with Crippen LogP contribution in [0, 0.1) is 13.8 Å². The van der Waals surface area contributed by atoms with E-state index in [2.05, 4.69) is 9.71 Å². The fourth-order valence-corrected chi connectivity index (χ4v) is 3.13. The monoisotopic (exact) mass is 291 g/mol. The zero-order valence-corrected chi connectivity index (χ0v) is 12.2. The molecule has 0 aliphatic carbocycles. The predicted molar refractivity (Wildman–Crippen MR) is 78.6 cm³/mol. The highest BCUT2D eigenvalue weighted by atomic mass is 32.2. The maximum Gasteiger partial charge on any atom is 0.241 e. The van der Waals surface area contributed by atoms with E-state index < -0.39 is 10.0 Å². The second-order valence-electron chi connectivity index (χ2n) is 4.62. The molecule has 0 fully saturated rings. The molecular weight excluding hydrogens is 274 g/mol. The normalized spacial score (nSPS) is 11.5. The molecule has 0 radical (unpaired) electrons. The topological polar surface area (TPSA) is 85.1 Å². The van der Waals surface area contributed by atoms with Gasteiger partial charge < -0.3 is 5.73 Å². The predicted octanol–water partition coefficient (Wildman–Crippen LogP) is 1.76. The fourth-order valence-electron chi connectivity index (χ4n) is 1.85. The van der Waals surface area contributed by atoms with Crippen molar-refractivity contribution in [1.29, 1.82) is 0 Å². The Labute approximate surface area is 118 Å². The number of aromatic nitrogens is 1. The van der Waals surface area contributed by atoms with E-state index in [0.717, 1.165) is 5.69 Å². The molecule has 0 aliphatic heterocycles. The summed E-state index contributed by atoms with van der Waals surface area (Å²) in [4.78, 5) is 4.46. The van der Waals surface area contributed by atoms with Gasteiger partial charge in [0, 0.05) is 11.4 Å². The average Bonchev–Trinajstić information content (AvgIpc) is 2.39. The molecular formula is C14H17N3O2S. The molecule has 0 spiro atoms. The Morgan fingerprint density at radius 2 is 1.95 bits per heavy atom. The summed E-state index contributed by atoms with van der Waals surface area (Å²) in [5.41, 5.74) is 8.25. The number of pyridine rings is 1. The molecule has 0 saturated carbocycles. The van der Waals surface area contributed by atoms with Crippen LogP contribution in [0.15, 0.2) is 41.3 Å². The zero-order valence-electron chi connectivity index (χ0n) is 11.4. The summed E-state index contributed by atoms with van der Waals surface area (Å²) < 4.78 is 27.1. The molecule has 0 atom stereocenters. The van der Waals surface area contributed by atoms with Crippen LogP contribution in [0.2, 0.25) is 0 Å². The maximum atomic E-state index is 12.3. The third-order valence-electron chi connectivity index (χ3n) is 2.89. The highest BCUT2D eigenvalue weighted by Gasteiger charge is 2.16. The van der Waals surface area contributed by atoms with E-state index in [4.69, 9.17) is 5.73 Å². The fraction of sp³-hybridized carbons (Fsp3) is 0.214. The Hall–Kier alpha value is -1.92. The molecule has 2 aromatic rings. The Kier molecular flexibility index (Phi) is 4.06. The summed E-state index contributed by atoms with van der Waals surface area (Å²) in [5, 5.41) is 0. The number of sulfonamides is 1. The lowest BCUT2D eigenvalue weighted by Crippen LogP contribution is -2.24. The number of aryl methyl sites for hydroxylation is 2. The highest BCUT2D eigenvalue weighted by Crippen LogP contribution is 2.18. The number of nitrogens with zero attached hydrogens (tertiary/aromatic N) is 1.